The average Bonchev–Trinajstić information content (AvgIpc) is 2.31. The van der Waals surface area contributed by atoms with Crippen LogP contribution >= 0.6 is 0 Å². The zero-order valence-electron chi connectivity index (χ0n) is 14.7. The molecule has 0 amide bonds. The van der Waals surface area contributed by atoms with Gasteiger partial charge in [-0.25, -0.2) is 0 Å². The van der Waals surface area contributed by atoms with E-state index in [1.165, 1.54) is 0 Å². The average molecular weight is 287 g/mol. The van der Waals surface area contributed by atoms with Gasteiger partial charge in [0.1, 0.15) is 0 Å². The molecule has 0 rings (SSSR count). The highest BCUT2D eigenvalue weighted by Crippen LogP contribution is 2.12. The molecule has 0 aliphatic carbocycles. The molecule has 0 saturated heterocycles. The Balaban J connectivity index is 4.40. The van der Waals surface area contributed by atoms with Crippen LogP contribution in [0, 0.1) is 5.92 Å². The van der Waals surface area contributed by atoms with Gasteiger partial charge in [-0.05, 0) is 33.4 Å². The maximum absolute atomic E-state index is 9.66. The molecule has 122 valence electrons. The summed E-state index contributed by atoms with van der Waals surface area (Å²) in [4.78, 5) is 4.74. The first-order valence-corrected chi connectivity index (χ1v) is 7.94. The van der Waals surface area contributed by atoms with Gasteiger partial charge < -0.3 is 20.2 Å². The molecule has 0 saturated carbocycles. The first kappa shape index (κ1) is 19.8. The summed E-state index contributed by atoms with van der Waals surface area (Å²) >= 11 is 0. The summed E-state index contributed by atoms with van der Waals surface area (Å²) in [5.41, 5.74) is -0.179. The molecule has 1 unspecified atom stereocenters. The second-order valence-corrected chi connectivity index (χ2v) is 7.27. The van der Waals surface area contributed by atoms with Gasteiger partial charge >= 0.3 is 0 Å². The van der Waals surface area contributed by atoms with Crippen LogP contribution < -0.4 is 5.32 Å². The van der Waals surface area contributed by atoms with E-state index < -0.39 is 0 Å². The third-order valence-corrected chi connectivity index (χ3v) is 3.45. The Morgan fingerprint density at radius 2 is 1.65 bits per heavy atom. The number of hydrogen-bond acceptors (Lipinski definition) is 4. The van der Waals surface area contributed by atoms with Crippen molar-refractivity contribution >= 4 is 0 Å². The van der Waals surface area contributed by atoms with Crippen LogP contribution in [-0.2, 0) is 0 Å². The van der Waals surface area contributed by atoms with Gasteiger partial charge in [-0.3, -0.25) is 0 Å². The fourth-order valence-corrected chi connectivity index (χ4v) is 2.45. The highest BCUT2D eigenvalue weighted by atomic mass is 16.3. The van der Waals surface area contributed by atoms with Gasteiger partial charge in [-0.2, -0.15) is 0 Å². The standard InChI is InChI=1S/C16H37N3O/c1-14(2)12-19(11-10-18(6)7)9-8-16(5,13-20)17-15(3)4/h14-15,17,20H,8-13H2,1-7H3. The largest absolute Gasteiger partial charge is 0.394 e. The van der Waals surface area contributed by atoms with E-state index in [4.69, 9.17) is 0 Å². The molecular weight excluding hydrogens is 250 g/mol. The molecule has 0 aromatic carbocycles. The van der Waals surface area contributed by atoms with Crippen LogP contribution in [0.3, 0.4) is 0 Å². The van der Waals surface area contributed by atoms with Gasteiger partial charge in [-0.15, -0.1) is 0 Å². The van der Waals surface area contributed by atoms with Gasteiger partial charge in [-0.1, -0.05) is 27.7 Å². The summed E-state index contributed by atoms with van der Waals surface area (Å²) in [6, 6.07) is 0.396. The van der Waals surface area contributed by atoms with Crippen LogP contribution in [0.5, 0.6) is 0 Å². The number of hydrogen-bond donors (Lipinski definition) is 2. The summed E-state index contributed by atoms with van der Waals surface area (Å²) < 4.78 is 0. The monoisotopic (exact) mass is 287 g/mol. The van der Waals surface area contributed by atoms with Crippen LogP contribution in [0.4, 0.5) is 0 Å². The van der Waals surface area contributed by atoms with Crippen LogP contribution in [0.25, 0.3) is 0 Å². The van der Waals surface area contributed by atoms with Crippen molar-refractivity contribution in [3.63, 3.8) is 0 Å². The summed E-state index contributed by atoms with van der Waals surface area (Å²) in [5, 5.41) is 13.2. The van der Waals surface area contributed by atoms with Crippen molar-refractivity contribution in [3.8, 4) is 0 Å². The van der Waals surface area contributed by atoms with E-state index in [-0.39, 0.29) is 12.1 Å². The van der Waals surface area contributed by atoms with E-state index >= 15 is 0 Å². The molecule has 0 bridgehead atoms. The molecule has 0 aliphatic rings. The minimum Gasteiger partial charge on any atom is -0.394 e. The molecule has 1 atom stereocenters. The molecule has 0 spiro atoms. The topological polar surface area (TPSA) is 38.7 Å². The van der Waals surface area contributed by atoms with E-state index in [2.05, 4.69) is 63.8 Å². The molecule has 0 radical (unpaired) electrons. The Hall–Kier alpha value is -0.160. The molecule has 0 aliphatic heterocycles. The fraction of sp³-hybridized carbons (Fsp3) is 1.00. The zero-order chi connectivity index (χ0) is 15.8. The lowest BCUT2D eigenvalue weighted by Gasteiger charge is -2.34. The van der Waals surface area contributed by atoms with Crippen LogP contribution in [0.2, 0.25) is 0 Å². The number of nitrogens with zero attached hydrogens (tertiary/aromatic N) is 2. The maximum Gasteiger partial charge on any atom is 0.0611 e. The molecule has 0 fully saturated rings. The van der Waals surface area contributed by atoms with Gasteiger partial charge in [0, 0.05) is 37.8 Å². The minimum atomic E-state index is -0.179. The highest BCUT2D eigenvalue weighted by Gasteiger charge is 2.24. The molecule has 0 aromatic rings. The lowest BCUT2D eigenvalue weighted by atomic mass is 9.97. The number of rotatable bonds is 11. The second kappa shape index (κ2) is 9.72. The van der Waals surface area contributed by atoms with E-state index in [0.717, 1.165) is 32.6 Å². The summed E-state index contributed by atoms with van der Waals surface area (Å²) in [5.74, 6) is 0.676. The van der Waals surface area contributed by atoms with Crippen molar-refractivity contribution in [1.82, 2.24) is 15.1 Å². The molecule has 2 N–H and O–H groups in total. The number of likely N-dealkylation sites (N-methyl/N-ethyl adjacent to an activating group) is 1. The fourth-order valence-electron chi connectivity index (χ4n) is 2.45. The lowest BCUT2D eigenvalue weighted by molar-refractivity contribution is 0.130. The number of nitrogens with one attached hydrogen (secondary N) is 1. The third kappa shape index (κ3) is 9.70. The molecule has 20 heavy (non-hydrogen) atoms. The van der Waals surface area contributed by atoms with Crippen molar-refractivity contribution in [1.29, 1.82) is 0 Å². The highest BCUT2D eigenvalue weighted by molar-refractivity contribution is 4.85. The Bertz CT molecular complexity index is 244. The summed E-state index contributed by atoms with van der Waals surface area (Å²) in [6.07, 6.45) is 0.974. The second-order valence-electron chi connectivity index (χ2n) is 7.27. The van der Waals surface area contributed by atoms with Crippen LogP contribution in [0.1, 0.15) is 41.0 Å². The van der Waals surface area contributed by atoms with Gasteiger partial charge in [0.15, 0.2) is 0 Å². The first-order valence-electron chi connectivity index (χ1n) is 7.94. The van der Waals surface area contributed by atoms with Crippen molar-refractivity contribution in [2.24, 2.45) is 5.92 Å². The van der Waals surface area contributed by atoms with Gasteiger partial charge in [0.2, 0.25) is 0 Å². The van der Waals surface area contributed by atoms with E-state index in [9.17, 15) is 5.11 Å². The predicted octanol–water partition coefficient (Wildman–Crippen LogP) is 1.65. The number of aliphatic hydroxyl groups is 1. The SMILES string of the molecule is CC(C)CN(CCN(C)C)CCC(C)(CO)NC(C)C. The molecule has 0 aromatic heterocycles. The van der Waals surface area contributed by atoms with Gasteiger partial charge in [0.25, 0.3) is 0 Å². The lowest BCUT2D eigenvalue weighted by Crippen LogP contribution is -2.51. The van der Waals surface area contributed by atoms with E-state index in [1.54, 1.807) is 0 Å². The summed E-state index contributed by atoms with van der Waals surface area (Å²) in [7, 11) is 4.23. The molecule has 4 nitrogen and oxygen atoms in total. The van der Waals surface area contributed by atoms with Crippen molar-refractivity contribution in [2.45, 2.75) is 52.6 Å². The minimum absolute atomic E-state index is 0.179. The van der Waals surface area contributed by atoms with Crippen LogP contribution in [-0.4, -0.2) is 73.4 Å². The Kier molecular flexibility index (Phi) is 9.64. The normalized spacial score (nSPS) is 15.6. The van der Waals surface area contributed by atoms with Crippen molar-refractivity contribution < 1.29 is 5.11 Å². The predicted molar refractivity (Wildman–Crippen MR) is 88.2 cm³/mol. The Labute approximate surface area is 126 Å². The van der Waals surface area contributed by atoms with Gasteiger partial charge in [0.05, 0.1) is 6.61 Å². The smallest absolute Gasteiger partial charge is 0.0611 e. The van der Waals surface area contributed by atoms with Crippen molar-refractivity contribution in [2.75, 3.05) is 46.9 Å². The first-order chi connectivity index (χ1) is 9.18. The van der Waals surface area contributed by atoms with E-state index in [0.29, 0.717) is 12.0 Å². The quantitative estimate of drug-likeness (QED) is 0.606. The zero-order valence-corrected chi connectivity index (χ0v) is 14.7. The van der Waals surface area contributed by atoms with E-state index in [1.807, 2.05) is 0 Å². The maximum atomic E-state index is 9.66. The number of aliphatic hydroxyl groups excluding tert-OH is 1. The third-order valence-electron chi connectivity index (χ3n) is 3.45. The molecule has 4 heteroatoms. The molecule has 0 heterocycles. The Morgan fingerprint density at radius 1 is 1.05 bits per heavy atom. The van der Waals surface area contributed by atoms with Crippen LogP contribution in [0.15, 0.2) is 0 Å². The van der Waals surface area contributed by atoms with Crippen molar-refractivity contribution in [3.05, 3.63) is 0 Å². The summed E-state index contributed by atoms with van der Waals surface area (Å²) in [6.45, 7) is 15.4. The Morgan fingerprint density at radius 3 is 2.05 bits per heavy atom. The molecular formula is C16H37N3O.